The van der Waals surface area contributed by atoms with Gasteiger partial charge < -0.3 is 14.0 Å². The molecule has 0 spiro atoms. The molecule has 0 saturated carbocycles. The number of carbonyl (C=O) groups excluding carboxylic acids is 2. The van der Waals surface area contributed by atoms with Gasteiger partial charge in [0.1, 0.15) is 5.75 Å². The Labute approximate surface area is 169 Å². The second-order valence-corrected chi connectivity index (χ2v) is 6.93. The van der Waals surface area contributed by atoms with Gasteiger partial charge in [0.05, 0.1) is 35.8 Å². The average Bonchev–Trinajstić information content (AvgIpc) is 3.07. The molecule has 0 N–H and O–H groups in total. The summed E-state index contributed by atoms with van der Waals surface area (Å²) in [6, 6.07) is 10.9. The fourth-order valence-electron chi connectivity index (χ4n) is 2.67. The number of thiazole rings is 1. The molecule has 3 aromatic rings. The Morgan fingerprint density at radius 3 is 2.52 bits per heavy atom. The number of non-ortho nitro benzene ring substituents is 1. The first-order chi connectivity index (χ1) is 13.9. The van der Waals surface area contributed by atoms with Crippen molar-refractivity contribution in [3.8, 4) is 5.75 Å². The Morgan fingerprint density at radius 2 is 1.90 bits per heavy atom. The molecule has 1 aromatic heterocycles. The summed E-state index contributed by atoms with van der Waals surface area (Å²) < 4.78 is 12.0. The van der Waals surface area contributed by atoms with Gasteiger partial charge in [0.15, 0.2) is 4.80 Å². The summed E-state index contributed by atoms with van der Waals surface area (Å²) in [5, 5.41) is 11.1. The van der Waals surface area contributed by atoms with Crippen LogP contribution in [0.2, 0.25) is 0 Å². The number of hydrogen-bond donors (Lipinski definition) is 0. The summed E-state index contributed by atoms with van der Waals surface area (Å²) in [5.41, 5.74) is 0.950. The number of aromatic nitrogens is 1. The minimum atomic E-state index is -0.489. The van der Waals surface area contributed by atoms with Gasteiger partial charge in [-0.15, -0.1) is 0 Å². The number of aryl methyl sites for hydroxylation is 1. The molecule has 1 amide bonds. The summed E-state index contributed by atoms with van der Waals surface area (Å²) >= 11 is 1.14. The lowest BCUT2D eigenvalue weighted by atomic mass is 10.2. The number of amides is 1. The Hall–Kier alpha value is -3.53. The molecule has 1 heterocycles. The van der Waals surface area contributed by atoms with Crippen LogP contribution in [-0.2, 0) is 16.1 Å². The summed E-state index contributed by atoms with van der Waals surface area (Å²) in [7, 11) is 2.82. The van der Waals surface area contributed by atoms with Crippen LogP contribution >= 0.6 is 11.3 Å². The summed E-state index contributed by atoms with van der Waals surface area (Å²) in [6.07, 6.45) is 0.0727. The zero-order valence-corrected chi connectivity index (χ0v) is 16.5. The van der Waals surface area contributed by atoms with Gasteiger partial charge in [-0.2, -0.15) is 4.99 Å². The van der Waals surface area contributed by atoms with Crippen molar-refractivity contribution in [2.45, 2.75) is 13.0 Å². The normalized spacial score (nSPS) is 11.4. The smallest absolute Gasteiger partial charge is 0.307 e. The van der Waals surface area contributed by atoms with Gasteiger partial charge in [0, 0.05) is 24.2 Å². The zero-order chi connectivity index (χ0) is 21.0. The molecule has 150 valence electrons. The first kappa shape index (κ1) is 20.2. The van der Waals surface area contributed by atoms with Crippen molar-refractivity contribution in [1.82, 2.24) is 4.57 Å². The number of nitrogens with zero attached hydrogens (tertiary/aromatic N) is 3. The highest BCUT2D eigenvalue weighted by atomic mass is 32.1. The lowest BCUT2D eigenvalue weighted by molar-refractivity contribution is -0.384. The molecule has 9 nitrogen and oxygen atoms in total. The lowest BCUT2D eigenvalue weighted by Gasteiger charge is -2.04. The maximum Gasteiger partial charge on any atom is 0.307 e. The van der Waals surface area contributed by atoms with Gasteiger partial charge in [0.2, 0.25) is 0 Å². The lowest BCUT2D eigenvalue weighted by Crippen LogP contribution is -2.19. The topological polar surface area (TPSA) is 113 Å². The highest BCUT2D eigenvalue weighted by Crippen LogP contribution is 2.23. The van der Waals surface area contributed by atoms with E-state index >= 15 is 0 Å². The minimum absolute atomic E-state index is 0.0631. The molecule has 0 unspecified atom stereocenters. The number of rotatable bonds is 6. The monoisotopic (exact) mass is 415 g/mol. The first-order valence-corrected chi connectivity index (χ1v) is 9.32. The molecule has 2 aromatic carbocycles. The molecular formula is C19H17N3O6S. The second kappa shape index (κ2) is 8.65. The number of nitro groups is 1. The Morgan fingerprint density at radius 1 is 1.17 bits per heavy atom. The molecule has 0 aliphatic heterocycles. The van der Waals surface area contributed by atoms with Gasteiger partial charge >= 0.3 is 5.97 Å². The van der Waals surface area contributed by atoms with Crippen LogP contribution in [0.4, 0.5) is 5.69 Å². The van der Waals surface area contributed by atoms with Crippen LogP contribution in [-0.4, -0.2) is 35.6 Å². The van der Waals surface area contributed by atoms with E-state index in [0.717, 1.165) is 11.3 Å². The Balaban J connectivity index is 2.07. The average molecular weight is 415 g/mol. The number of hydrogen-bond acceptors (Lipinski definition) is 7. The van der Waals surface area contributed by atoms with Crippen molar-refractivity contribution >= 4 is 39.1 Å². The van der Waals surface area contributed by atoms with Crippen LogP contribution in [0, 0.1) is 10.1 Å². The number of benzene rings is 2. The van der Waals surface area contributed by atoms with E-state index in [1.165, 1.54) is 26.4 Å². The highest BCUT2D eigenvalue weighted by Gasteiger charge is 2.14. The van der Waals surface area contributed by atoms with Crippen LogP contribution in [0.1, 0.15) is 16.8 Å². The summed E-state index contributed by atoms with van der Waals surface area (Å²) in [4.78, 5) is 39.3. The number of esters is 1. The highest BCUT2D eigenvalue weighted by molar-refractivity contribution is 7.16. The van der Waals surface area contributed by atoms with E-state index in [-0.39, 0.29) is 18.7 Å². The number of carbonyl (C=O) groups is 2. The Kier molecular flexibility index (Phi) is 6.03. The van der Waals surface area contributed by atoms with Crippen molar-refractivity contribution in [2.24, 2.45) is 4.99 Å². The SMILES string of the molecule is COC(=O)CCn1c(=NC(=O)c2ccc(OC)cc2)sc2cc([N+](=O)[O-])ccc21. The van der Waals surface area contributed by atoms with Gasteiger partial charge in [-0.25, -0.2) is 0 Å². The number of methoxy groups -OCH3 is 2. The minimum Gasteiger partial charge on any atom is -0.497 e. The predicted octanol–water partition coefficient (Wildman–Crippen LogP) is 2.92. The van der Waals surface area contributed by atoms with Crippen molar-refractivity contribution in [3.05, 3.63) is 62.9 Å². The third-order valence-corrected chi connectivity index (χ3v) is 5.22. The van der Waals surface area contributed by atoms with Crippen molar-refractivity contribution in [3.63, 3.8) is 0 Å². The molecule has 0 fully saturated rings. The van der Waals surface area contributed by atoms with Crippen molar-refractivity contribution in [2.75, 3.05) is 14.2 Å². The number of ether oxygens (including phenoxy) is 2. The zero-order valence-electron chi connectivity index (χ0n) is 15.7. The molecular weight excluding hydrogens is 398 g/mol. The molecule has 0 bridgehead atoms. The van der Waals surface area contributed by atoms with Crippen LogP contribution < -0.4 is 9.54 Å². The van der Waals surface area contributed by atoms with Crippen molar-refractivity contribution < 1.29 is 24.0 Å². The maximum atomic E-state index is 12.6. The molecule has 0 saturated heterocycles. The molecule has 3 rings (SSSR count). The quantitative estimate of drug-likeness (QED) is 0.347. The van der Waals surface area contributed by atoms with E-state index < -0.39 is 16.8 Å². The van der Waals surface area contributed by atoms with E-state index in [4.69, 9.17) is 4.74 Å². The third-order valence-electron chi connectivity index (χ3n) is 4.18. The first-order valence-electron chi connectivity index (χ1n) is 8.50. The Bertz CT molecular complexity index is 1150. The summed E-state index contributed by atoms with van der Waals surface area (Å²) in [5.74, 6) is -0.268. The number of nitro benzene ring substituents is 1. The molecule has 0 radical (unpaired) electrons. The van der Waals surface area contributed by atoms with E-state index in [0.29, 0.717) is 26.3 Å². The van der Waals surface area contributed by atoms with Gasteiger partial charge in [-0.3, -0.25) is 19.7 Å². The number of fused-ring (bicyclic) bond motifs is 1. The molecule has 10 heteroatoms. The fraction of sp³-hybridized carbons (Fsp3) is 0.211. The largest absolute Gasteiger partial charge is 0.497 e. The summed E-state index contributed by atoms with van der Waals surface area (Å²) in [6.45, 7) is 0.221. The second-order valence-electron chi connectivity index (χ2n) is 5.92. The van der Waals surface area contributed by atoms with E-state index in [1.807, 2.05) is 0 Å². The molecule has 0 aliphatic carbocycles. The standard InChI is InChI=1S/C19H17N3O6S/c1-27-14-6-3-12(4-7-14)18(24)20-19-21(10-9-17(23)28-2)15-8-5-13(22(25)26)11-16(15)29-19/h3-8,11H,9-10H2,1-2H3. The van der Waals surface area contributed by atoms with Crippen LogP contribution in [0.15, 0.2) is 47.5 Å². The van der Waals surface area contributed by atoms with Crippen molar-refractivity contribution in [1.29, 1.82) is 0 Å². The van der Waals surface area contributed by atoms with Crippen LogP contribution in [0.5, 0.6) is 5.75 Å². The van der Waals surface area contributed by atoms with E-state index in [1.54, 1.807) is 34.9 Å². The van der Waals surface area contributed by atoms with Gasteiger partial charge in [0.25, 0.3) is 11.6 Å². The van der Waals surface area contributed by atoms with E-state index in [2.05, 4.69) is 9.73 Å². The molecule has 29 heavy (non-hydrogen) atoms. The molecule has 0 aliphatic rings. The maximum absolute atomic E-state index is 12.6. The van der Waals surface area contributed by atoms with Crippen LogP contribution in [0.25, 0.3) is 10.2 Å². The van der Waals surface area contributed by atoms with Gasteiger partial charge in [-0.1, -0.05) is 11.3 Å². The fourth-order valence-corrected chi connectivity index (χ4v) is 3.75. The predicted molar refractivity (Wildman–Crippen MR) is 106 cm³/mol. The third kappa shape index (κ3) is 4.49. The van der Waals surface area contributed by atoms with Crippen LogP contribution in [0.3, 0.4) is 0 Å². The molecule has 0 atom stereocenters. The van der Waals surface area contributed by atoms with Gasteiger partial charge in [-0.05, 0) is 30.3 Å². The van der Waals surface area contributed by atoms with E-state index in [9.17, 15) is 19.7 Å².